The van der Waals surface area contributed by atoms with Gasteiger partial charge in [0, 0.05) is 75.1 Å². The summed E-state index contributed by atoms with van der Waals surface area (Å²) < 4.78 is 9.85. The Balaban J connectivity index is 0.000000337. The number of esters is 2. The van der Waals surface area contributed by atoms with Gasteiger partial charge in [0.05, 0.1) is 32.6 Å². The first-order valence-electron chi connectivity index (χ1n) is 24.1. The van der Waals surface area contributed by atoms with E-state index in [4.69, 9.17) is 32.7 Å². The number of ether oxygens (including phenoxy) is 2. The summed E-state index contributed by atoms with van der Waals surface area (Å²) in [5.41, 5.74) is 5.57. The number of carbonyl (C=O) groups is 10. The number of alkyl halides is 2. The number of hydrogen-bond donors (Lipinski definition) is 3. The van der Waals surface area contributed by atoms with Crippen LogP contribution in [0.5, 0.6) is 0 Å². The number of ketones is 6. The van der Waals surface area contributed by atoms with E-state index in [0.717, 1.165) is 11.1 Å². The fraction of sp³-hybridized carbons (Fsp3) is 0.246. The second-order valence-electron chi connectivity index (χ2n) is 18.0. The zero-order chi connectivity index (χ0) is 54.5. The summed E-state index contributed by atoms with van der Waals surface area (Å²) >= 11 is 11.0. The lowest BCUT2D eigenvalue weighted by atomic mass is 9.82. The van der Waals surface area contributed by atoms with Gasteiger partial charge in [0.1, 0.15) is 11.9 Å². The van der Waals surface area contributed by atoms with E-state index in [-0.39, 0.29) is 144 Å². The molecule has 0 fully saturated rings. The highest BCUT2D eigenvalue weighted by Crippen LogP contribution is 2.32. The highest BCUT2D eigenvalue weighted by molar-refractivity contribution is 6.31. The standard InChI is InChI=1S/C40H38N2O8.C19H13Cl2NO4.2CH4/c1-49-39(47)28(19-25-9-5-3-6-10-25)14-18-36(44)42-29-15-17-32-34(23-29)38(46)31-16-13-27(21-33(31)37(32)45)20-30(43)24-41-35(40(48)50-2)22-26-11-7-4-8-12-26;20-8-12(23)5-10-1-3-13-15(6-10)18(25)14-4-2-11(22-17(24)9-21)7-16(14)19(13)26;;/h3-13,15-17,21,23,28,35,41H,14,18-20,22,24H2,1-2H3,(H,42,44);1-4,6-7H,5,8-9H2,(H,22,24);2*1H4/t28-,35-;;;/m1.../s1. The van der Waals surface area contributed by atoms with Crippen molar-refractivity contribution in [3.63, 3.8) is 0 Å². The maximum atomic E-state index is 13.5. The van der Waals surface area contributed by atoms with E-state index < -0.39 is 29.8 Å². The lowest BCUT2D eigenvalue weighted by molar-refractivity contribution is -0.146. The summed E-state index contributed by atoms with van der Waals surface area (Å²) in [5.74, 6) is -4.17. The van der Waals surface area contributed by atoms with Crippen molar-refractivity contribution in [3.05, 3.63) is 200 Å². The number of fused-ring (bicyclic) bond motifs is 4. The maximum Gasteiger partial charge on any atom is 0.323 e. The van der Waals surface area contributed by atoms with E-state index in [2.05, 4.69) is 16.0 Å². The lowest BCUT2D eigenvalue weighted by Gasteiger charge is -2.20. The van der Waals surface area contributed by atoms with Crippen molar-refractivity contribution in [1.29, 1.82) is 0 Å². The first kappa shape index (κ1) is 60.6. The molecule has 17 heteroatoms. The smallest absolute Gasteiger partial charge is 0.323 e. The topological polar surface area (TPSA) is 225 Å². The molecule has 0 aliphatic heterocycles. The van der Waals surface area contributed by atoms with Crippen LogP contribution in [0.15, 0.2) is 133 Å². The van der Waals surface area contributed by atoms with Gasteiger partial charge in [0.2, 0.25) is 11.8 Å². The van der Waals surface area contributed by atoms with Gasteiger partial charge in [-0.3, -0.25) is 53.3 Å². The minimum atomic E-state index is -0.711. The highest BCUT2D eigenvalue weighted by atomic mass is 35.5. The van der Waals surface area contributed by atoms with Crippen LogP contribution in [0.1, 0.15) is 114 Å². The molecule has 6 aromatic carbocycles. The van der Waals surface area contributed by atoms with Gasteiger partial charge in [-0.15, -0.1) is 23.2 Å². The van der Waals surface area contributed by atoms with Crippen LogP contribution in [-0.4, -0.2) is 97.0 Å². The van der Waals surface area contributed by atoms with E-state index in [0.29, 0.717) is 35.3 Å². The van der Waals surface area contributed by atoms with Crippen LogP contribution >= 0.6 is 23.2 Å². The Labute approximate surface area is 462 Å². The first-order chi connectivity index (χ1) is 36.6. The molecule has 0 heterocycles. The van der Waals surface area contributed by atoms with Crippen molar-refractivity contribution >= 4 is 93.0 Å². The molecule has 3 N–H and O–H groups in total. The predicted molar refractivity (Wildman–Crippen MR) is 298 cm³/mol. The maximum absolute atomic E-state index is 13.5. The SMILES string of the molecule is C.C.COC(=O)[C@H](CCC(=O)Nc1ccc2c(c1)C(=O)c1ccc(CC(=O)CN[C@H](Cc3ccccc3)C(=O)OC)cc1C2=O)Cc1ccccc1.O=C(CCl)Cc1ccc2c(c1)C(=O)c1ccc(NC(=O)CCl)cc1C2=O. The van der Waals surface area contributed by atoms with Crippen LogP contribution in [0.2, 0.25) is 0 Å². The van der Waals surface area contributed by atoms with Gasteiger partial charge in [0.15, 0.2) is 34.7 Å². The molecule has 0 unspecified atom stereocenters. The fourth-order valence-corrected chi connectivity index (χ4v) is 9.06. The third kappa shape index (κ3) is 15.0. The van der Waals surface area contributed by atoms with Crippen LogP contribution in [0, 0.1) is 5.92 Å². The second-order valence-corrected chi connectivity index (χ2v) is 18.5. The lowest BCUT2D eigenvalue weighted by Crippen LogP contribution is -2.42. The number of methoxy groups -OCH3 is 2. The van der Waals surface area contributed by atoms with Crippen molar-refractivity contribution in [2.24, 2.45) is 5.92 Å². The molecule has 78 heavy (non-hydrogen) atoms. The average molecular weight is 1100 g/mol. The Kier molecular flexibility index (Phi) is 21.9. The van der Waals surface area contributed by atoms with E-state index in [9.17, 15) is 47.9 Å². The molecule has 6 aromatic rings. The Morgan fingerprint density at radius 3 is 1.33 bits per heavy atom. The number of amides is 2. The van der Waals surface area contributed by atoms with Crippen LogP contribution in [0.4, 0.5) is 11.4 Å². The first-order valence-corrected chi connectivity index (χ1v) is 25.1. The van der Waals surface area contributed by atoms with Crippen molar-refractivity contribution in [2.75, 3.05) is 43.2 Å². The van der Waals surface area contributed by atoms with Gasteiger partial charge in [-0.25, -0.2) is 0 Å². The molecule has 2 aliphatic rings. The minimum absolute atomic E-state index is 0. The summed E-state index contributed by atoms with van der Waals surface area (Å²) in [6.45, 7) is -0.0930. The number of Topliss-reactive ketones (excluding diaryl/α,β-unsaturated/α-hetero) is 2. The number of benzene rings is 6. The summed E-state index contributed by atoms with van der Waals surface area (Å²) in [6, 6.07) is 36.7. The van der Waals surface area contributed by atoms with Gasteiger partial charge >= 0.3 is 11.9 Å². The van der Waals surface area contributed by atoms with Gasteiger partial charge in [-0.2, -0.15) is 0 Å². The molecule has 0 saturated carbocycles. The quantitative estimate of drug-likeness (QED) is 0.0479. The number of rotatable bonds is 20. The van der Waals surface area contributed by atoms with Crippen molar-refractivity contribution in [1.82, 2.24) is 5.32 Å². The molecule has 2 amide bonds. The van der Waals surface area contributed by atoms with E-state index in [1.807, 2.05) is 60.7 Å². The summed E-state index contributed by atoms with van der Waals surface area (Å²) in [5, 5.41) is 8.31. The average Bonchev–Trinajstić information content (AvgIpc) is 3.47. The number of nitrogens with one attached hydrogen (secondary N) is 3. The van der Waals surface area contributed by atoms with Crippen LogP contribution in [-0.2, 0) is 63.9 Å². The third-order valence-electron chi connectivity index (χ3n) is 12.7. The summed E-state index contributed by atoms with van der Waals surface area (Å²) in [6.07, 6.45) is 1.20. The summed E-state index contributed by atoms with van der Waals surface area (Å²) in [7, 11) is 2.61. The molecule has 2 atom stereocenters. The van der Waals surface area contributed by atoms with Gasteiger partial charge in [-0.05, 0) is 90.0 Å². The van der Waals surface area contributed by atoms with Gasteiger partial charge in [0.25, 0.3) is 0 Å². The van der Waals surface area contributed by atoms with Crippen molar-refractivity contribution in [2.45, 2.75) is 59.4 Å². The molecule has 0 bridgehead atoms. The Bertz CT molecular complexity index is 3050. The van der Waals surface area contributed by atoms with E-state index >= 15 is 0 Å². The van der Waals surface area contributed by atoms with Crippen molar-refractivity contribution < 1.29 is 57.4 Å². The molecule has 0 saturated heterocycles. The van der Waals surface area contributed by atoms with Gasteiger partial charge in [-0.1, -0.05) is 99.8 Å². The molecule has 404 valence electrons. The predicted octanol–water partition coefficient (Wildman–Crippen LogP) is 8.96. The second kappa shape index (κ2) is 28.2. The Morgan fingerprint density at radius 1 is 0.462 bits per heavy atom. The number of hydrogen-bond acceptors (Lipinski definition) is 13. The Hall–Kier alpha value is -8.24. The van der Waals surface area contributed by atoms with Gasteiger partial charge < -0.3 is 20.1 Å². The zero-order valence-electron chi connectivity index (χ0n) is 41.4. The van der Waals surface area contributed by atoms with E-state index in [1.165, 1.54) is 44.6 Å². The molecule has 0 spiro atoms. The van der Waals surface area contributed by atoms with Crippen LogP contribution in [0.3, 0.4) is 0 Å². The number of carbonyl (C=O) groups excluding carboxylic acids is 10. The molecular weight excluding hydrogens is 1040 g/mol. The molecular formula is C61H59Cl2N3O12. The largest absolute Gasteiger partial charge is 0.469 e. The molecule has 0 aromatic heterocycles. The normalized spacial score (nSPS) is 12.5. The number of anilines is 2. The zero-order valence-corrected chi connectivity index (χ0v) is 42.9. The Morgan fingerprint density at radius 2 is 0.885 bits per heavy atom. The third-order valence-corrected chi connectivity index (χ3v) is 13.2. The molecule has 2 aliphatic carbocycles. The van der Waals surface area contributed by atoms with Crippen LogP contribution < -0.4 is 16.0 Å². The van der Waals surface area contributed by atoms with Crippen LogP contribution in [0.25, 0.3) is 0 Å². The molecule has 8 rings (SSSR count). The monoisotopic (exact) mass is 1100 g/mol. The number of halogens is 2. The summed E-state index contributed by atoms with van der Waals surface area (Å²) in [4.78, 5) is 126. The molecule has 15 nitrogen and oxygen atoms in total. The van der Waals surface area contributed by atoms with E-state index in [1.54, 1.807) is 42.5 Å². The van der Waals surface area contributed by atoms with Crippen molar-refractivity contribution in [3.8, 4) is 0 Å². The highest BCUT2D eigenvalue weighted by Gasteiger charge is 2.32. The minimum Gasteiger partial charge on any atom is -0.469 e. The fourth-order valence-electron chi connectivity index (χ4n) is 8.90. The molecule has 0 radical (unpaired) electrons.